The second kappa shape index (κ2) is 19.4. The molecule has 12 rings (SSSR count). The molecule has 80 heavy (non-hydrogen) atoms. The molecule has 0 spiro atoms. The maximum Gasteiger partial charge on any atom is 0.494 e. The standard InChI is InChI=1S/C57H68B2F4N12O5/c1-52(2)53(3,4)78-58(77-52)37-11-15-39(16-12-37)66-45-19-23-64-50(68-45)72-25-21-35-27-41(70(9)43(35)29-72)47(74-31-56(60,61)32-74)49(76)48(75-33-57(62,63)34-75)42-28-36-22-26-73(30-44(36)71(42)10)51-65-24-20-46(69-51)67-40-17-13-38(14-18-40)59-79-54(5,6)55(7,8)80-59/h11-20,23-24,27-28,47-48H,21-22,25-26,29-34H2,1-10H3,(H,64,66,68)(H,65,67,69). The summed E-state index contributed by atoms with van der Waals surface area (Å²) in [4.78, 5) is 41.7. The number of carbonyl (C=O) groups excluding carboxylic acids is 1. The van der Waals surface area contributed by atoms with Crippen molar-refractivity contribution in [3.63, 3.8) is 0 Å². The zero-order valence-corrected chi connectivity index (χ0v) is 47.0. The van der Waals surface area contributed by atoms with Crippen molar-refractivity contribution >= 4 is 65.9 Å². The molecule has 0 aliphatic carbocycles. The number of nitrogens with one attached hydrogen (secondary N) is 2. The summed E-state index contributed by atoms with van der Waals surface area (Å²) < 4.78 is 88.6. The van der Waals surface area contributed by atoms with Crippen molar-refractivity contribution in [1.29, 1.82) is 0 Å². The Bertz CT molecular complexity index is 3090. The minimum atomic E-state index is -3.01. The molecule has 4 aromatic heterocycles. The van der Waals surface area contributed by atoms with Gasteiger partial charge < -0.3 is 48.2 Å². The lowest BCUT2D eigenvalue weighted by molar-refractivity contribution is -0.174. The molecule has 10 heterocycles. The number of nitrogens with zero attached hydrogens (tertiary/aromatic N) is 10. The number of aromatic nitrogens is 6. The van der Waals surface area contributed by atoms with Crippen LogP contribution in [0.15, 0.2) is 85.2 Å². The van der Waals surface area contributed by atoms with Crippen LogP contribution in [-0.4, -0.2) is 132 Å². The van der Waals surface area contributed by atoms with Crippen LogP contribution in [0, 0.1) is 0 Å². The molecule has 6 aromatic rings. The number of Topliss-reactive ketones (excluding diaryl/α,β-unsaturated/α-hetero) is 1. The number of ketones is 1. The summed E-state index contributed by atoms with van der Waals surface area (Å²) >= 11 is 0. The van der Waals surface area contributed by atoms with Gasteiger partial charge in [-0.25, -0.2) is 27.5 Å². The number of hydrogen-bond acceptors (Lipinski definition) is 15. The van der Waals surface area contributed by atoms with Crippen molar-refractivity contribution in [2.75, 3.05) is 59.7 Å². The Morgan fingerprint density at radius 2 is 0.900 bits per heavy atom. The number of hydrogen-bond donors (Lipinski definition) is 2. The van der Waals surface area contributed by atoms with E-state index in [0.29, 0.717) is 73.9 Å². The van der Waals surface area contributed by atoms with Gasteiger partial charge in [-0.05, 0) is 139 Å². The number of alkyl halides is 4. The van der Waals surface area contributed by atoms with Crippen LogP contribution in [0.5, 0.6) is 0 Å². The van der Waals surface area contributed by atoms with E-state index in [1.807, 2.05) is 139 Å². The Labute approximate surface area is 464 Å². The summed E-state index contributed by atoms with van der Waals surface area (Å²) in [7, 11) is 2.72. The predicted molar refractivity (Wildman–Crippen MR) is 299 cm³/mol. The van der Waals surface area contributed by atoms with Gasteiger partial charge in [-0.3, -0.25) is 14.6 Å². The monoisotopic (exact) mass is 1100 g/mol. The van der Waals surface area contributed by atoms with Gasteiger partial charge in [0.15, 0.2) is 5.78 Å². The molecular formula is C57H68B2F4N12O5. The molecule has 6 aliphatic heterocycles. The zero-order chi connectivity index (χ0) is 56.5. The molecular weight excluding hydrogens is 1030 g/mol. The third-order valence-corrected chi connectivity index (χ3v) is 17.8. The number of benzene rings is 2. The van der Waals surface area contributed by atoms with Crippen LogP contribution in [0.2, 0.25) is 0 Å². The average Bonchev–Trinajstić information content (AvgIpc) is 4.11. The van der Waals surface area contributed by atoms with E-state index < -0.39 is 92.5 Å². The second-order valence-electron chi connectivity index (χ2n) is 24.4. The third-order valence-electron chi connectivity index (χ3n) is 17.8. The van der Waals surface area contributed by atoms with Gasteiger partial charge in [0.1, 0.15) is 23.7 Å². The smallest absolute Gasteiger partial charge is 0.399 e. The van der Waals surface area contributed by atoms with E-state index in [0.717, 1.165) is 44.8 Å². The SMILES string of the molecule is Cn1c(C(C(=O)C(c2cc3c(n2C)CN(c2nccc(Nc4ccc(B5OC(C)(C)C(C)(C)O5)cc4)n2)CC3)N2CC(F)(F)C2)N2CC(F)(F)C2)cc2c1CN(c1nccc(Nc3ccc(B4OC(C)(C)C(C)(C)O4)cc3)n1)CC2. The van der Waals surface area contributed by atoms with Crippen molar-refractivity contribution in [2.24, 2.45) is 14.1 Å². The van der Waals surface area contributed by atoms with Crippen LogP contribution in [0.1, 0.15) is 101 Å². The number of likely N-dealkylation sites (tertiary alicyclic amines) is 2. The highest BCUT2D eigenvalue weighted by atomic mass is 19.3. The number of rotatable bonds is 14. The van der Waals surface area contributed by atoms with Gasteiger partial charge in [-0.2, -0.15) is 9.97 Å². The second-order valence-corrected chi connectivity index (χ2v) is 24.4. The summed E-state index contributed by atoms with van der Waals surface area (Å²) in [5.41, 5.74) is 6.39. The van der Waals surface area contributed by atoms with E-state index in [-0.39, 0.29) is 0 Å². The third kappa shape index (κ3) is 9.94. The van der Waals surface area contributed by atoms with Crippen molar-refractivity contribution in [3.8, 4) is 0 Å². The lowest BCUT2D eigenvalue weighted by Gasteiger charge is -2.47. The maximum absolute atomic E-state index is 15.6. The Hall–Kier alpha value is -6.36. The first-order chi connectivity index (χ1) is 37.7. The van der Waals surface area contributed by atoms with Gasteiger partial charge in [0.25, 0.3) is 11.8 Å². The fourth-order valence-electron chi connectivity index (χ4n) is 11.7. The number of fused-ring (bicyclic) bond motifs is 2. The molecule has 17 nitrogen and oxygen atoms in total. The topological polar surface area (TPSA) is 152 Å². The van der Waals surface area contributed by atoms with E-state index in [2.05, 4.69) is 30.4 Å². The molecule has 4 saturated heterocycles. The molecule has 2 N–H and O–H groups in total. The minimum absolute atomic E-state index is 0.386. The van der Waals surface area contributed by atoms with Gasteiger partial charge in [-0.15, -0.1) is 0 Å². The largest absolute Gasteiger partial charge is 0.494 e. The van der Waals surface area contributed by atoms with Crippen LogP contribution < -0.4 is 31.4 Å². The quantitative estimate of drug-likeness (QED) is 0.0823. The summed E-state index contributed by atoms with van der Waals surface area (Å²) in [5, 5.41) is 6.77. The predicted octanol–water partition coefficient (Wildman–Crippen LogP) is 7.41. The highest BCUT2D eigenvalue weighted by Gasteiger charge is 2.56. The first kappa shape index (κ1) is 54.2. The van der Waals surface area contributed by atoms with Gasteiger partial charge in [-0.1, -0.05) is 24.3 Å². The van der Waals surface area contributed by atoms with Gasteiger partial charge in [0.05, 0.1) is 61.7 Å². The lowest BCUT2D eigenvalue weighted by atomic mass is 9.79. The van der Waals surface area contributed by atoms with Crippen molar-refractivity contribution in [3.05, 3.63) is 119 Å². The van der Waals surface area contributed by atoms with E-state index in [4.69, 9.17) is 28.6 Å². The number of anilines is 6. The normalized spacial score (nSPS) is 22.3. The van der Waals surface area contributed by atoms with E-state index in [1.54, 1.807) is 24.5 Å². The molecule has 23 heteroatoms. The van der Waals surface area contributed by atoms with Crippen LogP contribution >= 0.6 is 0 Å². The first-order valence-electron chi connectivity index (χ1n) is 27.5. The fraction of sp³-hybridized carbons (Fsp3) is 0.491. The Balaban J connectivity index is 0.766. The highest BCUT2D eigenvalue weighted by Crippen LogP contribution is 2.45. The molecule has 4 fully saturated rings. The number of halogens is 4. The van der Waals surface area contributed by atoms with Crippen LogP contribution in [0.3, 0.4) is 0 Å². The number of carbonyl (C=O) groups is 1. The van der Waals surface area contributed by atoms with Crippen LogP contribution in [-0.2, 0) is 63.4 Å². The van der Waals surface area contributed by atoms with Crippen molar-refractivity contribution in [2.45, 2.75) is 128 Å². The molecule has 420 valence electrons. The lowest BCUT2D eigenvalue weighted by Crippen LogP contribution is -2.62. The van der Waals surface area contributed by atoms with Crippen LogP contribution in [0.4, 0.5) is 52.5 Å². The molecule has 2 aromatic carbocycles. The van der Waals surface area contributed by atoms with E-state index >= 15 is 4.79 Å². The van der Waals surface area contributed by atoms with Gasteiger partial charge in [0.2, 0.25) is 11.9 Å². The Kier molecular flexibility index (Phi) is 13.2. The highest BCUT2D eigenvalue weighted by molar-refractivity contribution is 6.62. The van der Waals surface area contributed by atoms with E-state index in [1.165, 1.54) is 9.80 Å². The molecule has 0 bridgehead atoms. The molecule has 0 amide bonds. The fourth-order valence-corrected chi connectivity index (χ4v) is 11.7. The Morgan fingerprint density at radius 3 is 1.24 bits per heavy atom. The summed E-state index contributed by atoms with van der Waals surface area (Å²) in [5.74, 6) is -4.28. The Morgan fingerprint density at radius 1 is 0.550 bits per heavy atom. The van der Waals surface area contributed by atoms with Crippen LogP contribution in [0.25, 0.3) is 0 Å². The van der Waals surface area contributed by atoms with E-state index in [9.17, 15) is 17.6 Å². The minimum Gasteiger partial charge on any atom is -0.399 e. The first-order valence-corrected chi connectivity index (χ1v) is 27.5. The van der Waals surface area contributed by atoms with Gasteiger partial charge >= 0.3 is 14.2 Å². The molecule has 0 saturated carbocycles. The zero-order valence-electron chi connectivity index (χ0n) is 47.0. The van der Waals surface area contributed by atoms with Crippen molar-refractivity contribution < 1.29 is 41.0 Å². The molecule has 2 atom stereocenters. The summed E-state index contributed by atoms with van der Waals surface area (Å²) in [6.45, 7) is 15.5. The summed E-state index contributed by atoms with van der Waals surface area (Å²) in [6.07, 6.45) is 4.54. The maximum atomic E-state index is 15.6. The molecule has 6 aliphatic rings. The molecule has 2 unspecified atom stereocenters. The molecule has 0 radical (unpaired) electrons. The van der Waals surface area contributed by atoms with Crippen molar-refractivity contribution in [1.82, 2.24) is 38.9 Å². The average molecular weight is 1100 g/mol. The van der Waals surface area contributed by atoms with Gasteiger partial charge in [0, 0.05) is 73.7 Å². The summed E-state index contributed by atoms with van der Waals surface area (Å²) in [6, 6.07) is 20.8.